The molecule has 2 bridgehead atoms. The van der Waals surface area contributed by atoms with Crippen molar-refractivity contribution in [1.29, 1.82) is 0 Å². The van der Waals surface area contributed by atoms with Crippen LogP contribution in [-0.4, -0.2) is 34.5 Å². The monoisotopic (exact) mass is 508 g/mol. The van der Waals surface area contributed by atoms with E-state index in [-0.39, 0.29) is 18.8 Å². The number of hydrogen-bond donors (Lipinski definition) is 2. The summed E-state index contributed by atoms with van der Waals surface area (Å²) in [4.78, 5) is 23.9. The maximum atomic E-state index is 15.5. The van der Waals surface area contributed by atoms with E-state index >= 15 is 4.39 Å². The van der Waals surface area contributed by atoms with E-state index in [1.807, 2.05) is 30.3 Å². The number of fused-ring (bicyclic) bond motifs is 3. The second kappa shape index (κ2) is 9.63. The molecule has 8 nitrogen and oxygen atoms in total. The molecule has 0 radical (unpaired) electrons. The van der Waals surface area contributed by atoms with Gasteiger partial charge in [0, 0.05) is 11.0 Å². The second-order valence-corrected chi connectivity index (χ2v) is 10.1. The van der Waals surface area contributed by atoms with Gasteiger partial charge in [0.25, 0.3) is 0 Å². The lowest BCUT2D eigenvalue weighted by atomic mass is 9.62. The van der Waals surface area contributed by atoms with Crippen LogP contribution in [0.25, 0.3) is 11.3 Å². The number of ether oxygens (including phenoxy) is 2. The summed E-state index contributed by atoms with van der Waals surface area (Å²) in [7, 11) is 0. The number of nitrogens with zero attached hydrogens (tertiary/aromatic N) is 1. The summed E-state index contributed by atoms with van der Waals surface area (Å²) in [5.74, 6) is -1.06. The Morgan fingerprint density at radius 2 is 1.89 bits per heavy atom. The van der Waals surface area contributed by atoms with Crippen molar-refractivity contribution in [2.24, 2.45) is 0 Å². The fourth-order valence-corrected chi connectivity index (χ4v) is 5.50. The van der Waals surface area contributed by atoms with Gasteiger partial charge in [-0.1, -0.05) is 47.6 Å². The van der Waals surface area contributed by atoms with Crippen LogP contribution in [0.15, 0.2) is 53.1 Å². The van der Waals surface area contributed by atoms with Crippen molar-refractivity contribution in [3.05, 3.63) is 71.2 Å². The minimum absolute atomic E-state index is 0.0301. The molecule has 3 heterocycles. The predicted octanol–water partition coefficient (Wildman–Crippen LogP) is 6.15. The van der Waals surface area contributed by atoms with Crippen LogP contribution in [-0.2, 0) is 19.7 Å². The lowest BCUT2D eigenvalue weighted by Crippen LogP contribution is -2.54. The summed E-state index contributed by atoms with van der Waals surface area (Å²) < 4.78 is 32.5. The van der Waals surface area contributed by atoms with Crippen LogP contribution < -0.4 is 5.32 Å². The van der Waals surface area contributed by atoms with Gasteiger partial charge in [0.15, 0.2) is 5.76 Å². The van der Waals surface area contributed by atoms with Crippen LogP contribution in [0, 0.1) is 12.7 Å². The van der Waals surface area contributed by atoms with Crippen molar-refractivity contribution in [2.45, 2.75) is 63.1 Å². The second-order valence-electron chi connectivity index (χ2n) is 10.1. The van der Waals surface area contributed by atoms with E-state index in [0.29, 0.717) is 48.2 Å². The molecule has 3 aliphatic rings. The molecule has 1 unspecified atom stereocenters. The molecule has 2 N–H and O–H groups in total. The standard InChI is InChI=1S/C28H29FN2O6/c1-17-24(30-26(34)36-18(2)19-6-4-3-5-7-19)25(37-31-17)20-8-9-21(22(29)14-20)27-10-12-28(13-11-27,35-16-27)15-23(32)33/h3-9,14,18H,10-13,15-16H2,1-2H3,(H,30,34)(H,32,33). The van der Waals surface area contributed by atoms with E-state index < -0.39 is 35.0 Å². The van der Waals surface area contributed by atoms with Gasteiger partial charge >= 0.3 is 12.1 Å². The number of rotatable bonds is 7. The molecule has 1 aromatic heterocycles. The molecular formula is C28H29FN2O6. The summed E-state index contributed by atoms with van der Waals surface area (Å²) >= 11 is 0. The van der Waals surface area contributed by atoms with Crippen LogP contribution in [0.2, 0.25) is 0 Å². The molecule has 2 aliphatic heterocycles. The molecule has 0 spiro atoms. The molecule has 37 heavy (non-hydrogen) atoms. The summed E-state index contributed by atoms with van der Waals surface area (Å²) in [6.45, 7) is 3.74. The molecule has 1 aliphatic carbocycles. The van der Waals surface area contributed by atoms with Crippen molar-refractivity contribution >= 4 is 17.7 Å². The van der Waals surface area contributed by atoms with Gasteiger partial charge < -0.3 is 19.1 Å². The normalized spacial score (nSPS) is 23.4. The number of aromatic nitrogens is 1. The Balaban J connectivity index is 1.33. The maximum absolute atomic E-state index is 15.5. The molecule has 1 atom stereocenters. The van der Waals surface area contributed by atoms with E-state index in [9.17, 15) is 14.7 Å². The number of aliphatic carboxylic acids is 1. The van der Waals surface area contributed by atoms with E-state index in [1.165, 1.54) is 6.07 Å². The number of carboxylic acids is 1. The highest BCUT2D eigenvalue weighted by molar-refractivity contribution is 5.90. The fourth-order valence-electron chi connectivity index (χ4n) is 5.50. The minimum Gasteiger partial charge on any atom is -0.481 e. The zero-order chi connectivity index (χ0) is 26.2. The van der Waals surface area contributed by atoms with Gasteiger partial charge in [-0.2, -0.15) is 0 Å². The van der Waals surface area contributed by atoms with Crippen molar-refractivity contribution < 1.29 is 33.1 Å². The highest BCUT2D eigenvalue weighted by Gasteiger charge is 2.52. The Bertz CT molecular complexity index is 1300. The quantitative estimate of drug-likeness (QED) is 0.393. The zero-order valence-corrected chi connectivity index (χ0v) is 20.8. The van der Waals surface area contributed by atoms with Gasteiger partial charge in [-0.25, -0.2) is 9.18 Å². The number of aryl methyl sites for hydroxylation is 1. The van der Waals surface area contributed by atoms with Crippen LogP contribution in [0.1, 0.15) is 62.0 Å². The van der Waals surface area contributed by atoms with Crippen LogP contribution in [0.5, 0.6) is 0 Å². The maximum Gasteiger partial charge on any atom is 0.412 e. The molecule has 6 rings (SSSR count). The summed E-state index contributed by atoms with van der Waals surface area (Å²) in [5, 5.41) is 15.9. The van der Waals surface area contributed by atoms with Gasteiger partial charge in [-0.05, 0) is 56.7 Å². The molecule has 9 heteroatoms. The fraction of sp³-hybridized carbons (Fsp3) is 0.393. The third-order valence-corrected chi connectivity index (χ3v) is 7.69. The van der Waals surface area contributed by atoms with Gasteiger partial charge in [0.1, 0.15) is 23.3 Å². The van der Waals surface area contributed by atoms with Crippen molar-refractivity contribution in [3.8, 4) is 11.3 Å². The van der Waals surface area contributed by atoms with Gasteiger partial charge in [-0.15, -0.1) is 0 Å². The lowest BCUT2D eigenvalue weighted by molar-refractivity contribution is -0.175. The van der Waals surface area contributed by atoms with Crippen LogP contribution in [0.3, 0.4) is 0 Å². The van der Waals surface area contributed by atoms with Gasteiger partial charge in [0.05, 0.1) is 18.6 Å². The molecule has 2 aromatic carbocycles. The zero-order valence-electron chi connectivity index (χ0n) is 20.8. The minimum atomic E-state index is -0.880. The predicted molar refractivity (Wildman–Crippen MR) is 133 cm³/mol. The third kappa shape index (κ3) is 4.83. The Kier molecular flexibility index (Phi) is 6.49. The molecule has 1 amide bonds. The summed E-state index contributed by atoms with van der Waals surface area (Å²) in [5.41, 5.74) is 1.44. The number of carbonyl (C=O) groups excluding carboxylic acids is 1. The van der Waals surface area contributed by atoms with Crippen molar-refractivity contribution in [3.63, 3.8) is 0 Å². The average Bonchev–Trinajstić information content (AvgIpc) is 3.24. The molecule has 1 saturated carbocycles. The number of anilines is 1. The van der Waals surface area contributed by atoms with E-state index in [2.05, 4.69) is 10.5 Å². The highest BCUT2D eigenvalue weighted by atomic mass is 19.1. The Morgan fingerprint density at radius 3 is 2.51 bits per heavy atom. The molecule has 194 valence electrons. The number of amides is 1. The Morgan fingerprint density at radius 1 is 1.16 bits per heavy atom. The number of nitrogens with one attached hydrogen (secondary N) is 1. The van der Waals surface area contributed by atoms with Crippen molar-refractivity contribution in [1.82, 2.24) is 5.16 Å². The van der Waals surface area contributed by atoms with Crippen molar-refractivity contribution in [2.75, 3.05) is 11.9 Å². The number of halogens is 1. The Labute approximate surface area is 213 Å². The molecule has 2 saturated heterocycles. The van der Waals surface area contributed by atoms with Gasteiger partial charge in [-0.3, -0.25) is 10.1 Å². The third-order valence-electron chi connectivity index (χ3n) is 7.69. The summed E-state index contributed by atoms with van der Waals surface area (Å²) in [6.07, 6.45) is 1.32. The first-order chi connectivity index (χ1) is 17.7. The van der Waals surface area contributed by atoms with E-state index in [0.717, 1.165) is 5.56 Å². The topological polar surface area (TPSA) is 111 Å². The Hall–Kier alpha value is -3.72. The molecule has 3 fully saturated rings. The highest BCUT2D eigenvalue weighted by Crippen LogP contribution is 2.52. The SMILES string of the molecule is Cc1noc(-c2ccc(C34CCC(CC(=O)O)(CC3)OC4)c(F)c2)c1NC(=O)OC(C)c1ccccc1. The number of carbonyl (C=O) groups is 2. The molecule has 3 aromatic rings. The first-order valence-electron chi connectivity index (χ1n) is 12.4. The largest absolute Gasteiger partial charge is 0.481 e. The first kappa shape index (κ1) is 25.0. The van der Waals surface area contributed by atoms with Crippen LogP contribution in [0.4, 0.5) is 14.9 Å². The number of benzene rings is 2. The lowest BCUT2D eigenvalue weighted by Gasteiger charge is -2.53. The molecular weight excluding hydrogens is 479 g/mol. The van der Waals surface area contributed by atoms with E-state index in [4.69, 9.17) is 14.0 Å². The smallest absolute Gasteiger partial charge is 0.412 e. The van der Waals surface area contributed by atoms with Gasteiger partial charge in [0.2, 0.25) is 0 Å². The summed E-state index contributed by atoms with van der Waals surface area (Å²) in [6, 6.07) is 14.2. The number of carboxylic acid groups (broad SMARTS) is 1. The first-order valence-corrected chi connectivity index (χ1v) is 12.4. The van der Waals surface area contributed by atoms with E-state index in [1.54, 1.807) is 26.0 Å². The average molecular weight is 509 g/mol. The number of hydrogen-bond acceptors (Lipinski definition) is 6. The van der Waals surface area contributed by atoms with Crippen LogP contribution >= 0.6 is 0 Å².